The van der Waals surface area contributed by atoms with Crippen LogP contribution in [0.15, 0.2) is 35.7 Å². The van der Waals surface area contributed by atoms with Gasteiger partial charge in [-0.25, -0.2) is 0 Å². The van der Waals surface area contributed by atoms with Crippen LogP contribution in [-0.4, -0.2) is 16.1 Å². The van der Waals surface area contributed by atoms with Gasteiger partial charge in [0.2, 0.25) is 0 Å². The lowest BCUT2D eigenvalue weighted by Crippen LogP contribution is -2.24. The third kappa shape index (κ3) is 3.61. The zero-order chi connectivity index (χ0) is 11.9. The first-order chi connectivity index (χ1) is 8.40. The minimum Gasteiger partial charge on any atom is -0.308 e. The van der Waals surface area contributed by atoms with E-state index < -0.39 is 0 Å². The Hall–Kier alpha value is -1.26. The molecule has 0 spiro atoms. The Morgan fingerprint density at radius 2 is 2.12 bits per heavy atom. The number of aromatic nitrogens is 2. The van der Waals surface area contributed by atoms with Crippen molar-refractivity contribution in [2.75, 3.05) is 6.54 Å². The van der Waals surface area contributed by atoms with Crippen molar-refractivity contribution < 1.29 is 0 Å². The molecule has 90 valence electrons. The fourth-order valence-corrected chi connectivity index (χ4v) is 2.28. The lowest BCUT2D eigenvalue weighted by molar-refractivity contribution is 0.517. The van der Waals surface area contributed by atoms with E-state index in [0.29, 0.717) is 0 Å². The van der Waals surface area contributed by atoms with Gasteiger partial charge in [-0.2, -0.15) is 0 Å². The second kappa shape index (κ2) is 6.47. The van der Waals surface area contributed by atoms with E-state index >= 15 is 0 Å². The Balaban J connectivity index is 2.06. The molecule has 0 saturated carbocycles. The molecule has 0 saturated heterocycles. The van der Waals surface area contributed by atoms with Crippen LogP contribution in [0.2, 0.25) is 0 Å². The van der Waals surface area contributed by atoms with Gasteiger partial charge in [-0.1, -0.05) is 41.7 Å². The monoisotopic (exact) mass is 247 g/mol. The molecule has 1 aromatic heterocycles. The topological polar surface area (TPSA) is 37.8 Å². The van der Waals surface area contributed by atoms with Crippen molar-refractivity contribution in [3.8, 4) is 0 Å². The Labute approximate surface area is 106 Å². The summed E-state index contributed by atoms with van der Waals surface area (Å²) in [6.07, 6.45) is 2.09. The van der Waals surface area contributed by atoms with Gasteiger partial charge in [-0.15, -0.1) is 5.10 Å². The molecule has 0 aliphatic rings. The summed E-state index contributed by atoms with van der Waals surface area (Å²) in [5.74, 6) is 0. The summed E-state index contributed by atoms with van der Waals surface area (Å²) in [5.41, 5.74) is 2.38. The molecule has 0 aliphatic carbocycles. The minimum absolute atomic E-state index is 0.274. The van der Waals surface area contributed by atoms with Crippen LogP contribution in [0, 0.1) is 0 Å². The van der Waals surface area contributed by atoms with Crippen molar-refractivity contribution in [2.45, 2.75) is 25.8 Å². The van der Waals surface area contributed by atoms with Crippen LogP contribution in [0.1, 0.15) is 30.6 Å². The maximum atomic E-state index is 4.17. The fraction of sp³-hybridized carbons (Fsp3) is 0.385. The van der Waals surface area contributed by atoms with Gasteiger partial charge in [0, 0.05) is 5.38 Å². The number of rotatable bonds is 6. The number of benzene rings is 1. The maximum absolute atomic E-state index is 4.17. The quantitative estimate of drug-likeness (QED) is 0.853. The summed E-state index contributed by atoms with van der Waals surface area (Å²) in [6.45, 7) is 3.18. The van der Waals surface area contributed by atoms with Crippen molar-refractivity contribution in [1.82, 2.24) is 14.9 Å². The highest BCUT2D eigenvalue weighted by Crippen LogP contribution is 2.17. The molecule has 2 aromatic rings. The van der Waals surface area contributed by atoms with E-state index in [4.69, 9.17) is 0 Å². The fourth-order valence-electron chi connectivity index (χ4n) is 1.77. The third-order valence-corrected chi connectivity index (χ3v) is 3.18. The van der Waals surface area contributed by atoms with Gasteiger partial charge in [0.1, 0.15) is 0 Å². The first kappa shape index (κ1) is 12.2. The van der Waals surface area contributed by atoms with Crippen molar-refractivity contribution >= 4 is 11.5 Å². The second-order valence-electron chi connectivity index (χ2n) is 4.03. The average molecular weight is 247 g/mol. The van der Waals surface area contributed by atoms with E-state index in [9.17, 15) is 0 Å². The van der Waals surface area contributed by atoms with Gasteiger partial charge in [0.15, 0.2) is 0 Å². The average Bonchev–Trinajstić information content (AvgIpc) is 2.89. The number of hydrogen-bond donors (Lipinski definition) is 1. The largest absolute Gasteiger partial charge is 0.308 e. The van der Waals surface area contributed by atoms with Crippen LogP contribution < -0.4 is 5.32 Å². The van der Waals surface area contributed by atoms with Gasteiger partial charge >= 0.3 is 0 Å². The van der Waals surface area contributed by atoms with E-state index in [1.807, 2.05) is 11.4 Å². The maximum Gasteiger partial charge on any atom is 0.0928 e. The molecule has 17 heavy (non-hydrogen) atoms. The first-order valence-corrected chi connectivity index (χ1v) is 6.78. The molecular weight excluding hydrogens is 230 g/mol. The molecule has 0 amide bonds. The lowest BCUT2D eigenvalue weighted by atomic mass is 10.0. The summed E-state index contributed by atoms with van der Waals surface area (Å²) in [5, 5.41) is 9.72. The normalized spacial score (nSPS) is 12.5. The van der Waals surface area contributed by atoms with Crippen LogP contribution in [0.5, 0.6) is 0 Å². The van der Waals surface area contributed by atoms with Crippen molar-refractivity contribution in [2.24, 2.45) is 0 Å². The summed E-state index contributed by atoms with van der Waals surface area (Å²) >= 11 is 1.41. The first-order valence-electron chi connectivity index (χ1n) is 5.94. The number of nitrogens with one attached hydrogen (secondary N) is 1. The zero-order valence-electron chi connectivity index (χ0n) is 9.97. The highest BCUT2D eigenvalue weighted by molar-refractivity contribution is 7.03. The van der Waals surface area contributed by atoms with Crippen molar-refractivity contribution in [3.05, 3.63) is 47.0 Å². The highest BCUT2D eigenvalue weighted by atomic mass is 32.1. The smallest absolute Gasteiger partial charge is 0.0928 e. The number of hydrogen-bond acceptors (Lipinski definition) is 4. The van der Waals surface area contributed by atoms with E-state index in [1.165, 1.54) is 17.1 Å². The van der Waals surface area contributed by atoms with E-state index in [0.717, 1.165) is 25.1 Å². The Morgan fingerprint density at radius 1 is 1.29 bits per heavy atom. The van der Waals surface area contributed by atoms with Crippen molar-refractivity contribution in [1.29, 1.82) is 0 Å². The van der Waals surface area contributed by atoms with E-state index in [-0.39, 0.29) is 6.04 Å². The molecule has 4 heteroatoms. The molecule has 0 bridgehead atoms. The predicted molar refractivity (Wildman–Crippen MR) is 71.1 cm³/mol. The lowest BCUT2D eigenvalue weighted by Gasteiger charge is -2.15. The van der Waals surface area contributed by atoms with Crippen LogP contribution >= 0.6 is 11.5 Å². The molecule has 1 atom stereocenters. The molecule has 1 aromatic carbocycles. The Morgan fingerprint density at radius 3 is 2.76 bits per heavy atom. The molecule has 0 fully saturated rings. The van der Waals surface area contributed by atoms with Crippen LogP contribution in [0.4, 0.5) is 0 Å². The molecule has 1 unspecified atom stereocenters. The van der Waals surface area contributed by atoms with Gasteiger partial charge in [-0.3, -0.25) is 0 Å². The predicted octanol–water partition coefficient (Wildman–Crippen LogP) is 2.82. The SMILES string of the molecule is CCCNC(Cc1ccccc1)c1csnn1. The highest BCUT2D eigenvalue weighted by Gasteiger charge is 2.13. The van der Waals surface area contributed by atoms with E-state index in [1.54, 1.807) is 0 Å². The molecule has 1 heterocycles. The van der Waals surface area contributed by atoms with Crippen molar-refractivity contribution in [3.63, 3.8) is 0 Å². The third-order valence-electron chi connectivity index (χ3n) is 2.66. The summed E-state index contributed by atoms with van der Waals surface area (Å²) in [7, 11) is 0. The molecule has 0 aliphatic heterocycles. The molecule has 3 nitrogen and oxygen atoms in total. The van der Waals surface area contributed by atoms with Gasteiger partial charge in [0.25, 0.3) is 0 Å². The standard InChI is InChI=1S/C13H17N3S/c1-2-8-14-12(13-10-17-16-15-13)9-11-6-4-3-5-7-11/h3-7,10,12,14H,2,8-9H2,1H3. The van der Waals surface area contributed by atoms with Crippen LogP contribution in [0.25, 0.3) is 0 Å². The molecular formula is C13H17N3S. The Bertz CT molecular complexity index is 413. The minimum atomic E-state index is 0.274. The van der Waals surface area contributed by atoms with Crippen LogP contribution in [0.3, 0.4) is 0 Å². The zero-order valence-corrected chi connectivity index (χ0v) is 10.8. The van der Waals surface area contributed by atoms with Gasteiger partial charge < -0.3 is 5.32 Å². The summed E-state index contributed by atoms with van der Waals surface area (Å²) < 4.78 is 3.94. The van der Waals surface area contributed by atoms with Gasteiger partial charge in [0.05, 0.1) is 11.7 Å². The molecule has 2 rings (SSSR count). The van der Waals surface area contributed by atoms with E-state index in [2.05, 4.69) is 46.1 Å². The molecule has 0 radical (unpaired) electrons. The molecule has 1 N–H and O–H groups in total. The van der Waals surface area contributed by atoms with Crippen LogP contribution in [-0.2, 0) is 6.42 Å². The Kier molecular flexibility index (Phi) is 4.64. The summed E-state index contributed by atoms with van der Waals surface area (Å²) in [4.78, 5) is 0. The second-order valence-corrected chi connectivity index (χ2v) is 4.64. The number of nitrogens with zero attached hydrogens (tertiary/aromatic N) is 2. The summed E-state index contributed by atoms with van der Waals surface area (Å²) in [6, 6.07) is 10.8. The van der Waals surface area contributed by atoms with Gasteiger partial charge in [-0.05, 0) is 36.5 Å².